The molecule has 0 aliphatic carbocycles. The molecule has 2 rings (SSSR count). The molecule has 0 N–H and O–H groups in total. The molecule has 0 aliphatic heterocycles. The van der Waals surface area contributed by atoms with Crippen LogP contribution in [-0.4, -0.2) is 12.7 Å². The van der Waals surface area contributed by atoms with Gasteiger partial charge in [-0.2, -0.15) is 0 Å². The maximum atomic E-state index is 13.1. The molecular weight excluding hydrogens is 284 g/mol. The van der Waals surface area contributed by atoms with Crippen LogP contribution in [0.25, 0.3) is 0 Å². The Labute approximate surface area is 119 Å². The Morgan fingerprint density at radius 2 is 1.14 bits per heavy atom. The number of hydrogen-bond donors (Lipinski definition) is 0. The maximum absolute atomic E-state index is 13.1. The molecule has 2 aromatic carbocycles. The Bertz CT molecular complexity index is 547. The van der Waals surface area contributed by atoms with E-state index in [9.17, 15) is 22.4 Å². The van der Waals surface area contributed by atoms with Gasteiger partial charge in [0.25, 0.3) is 0 Å². The van der Waals surface area contributed by atoms with Gasteiger partial charge in [-0.05, 0) is 35.4 Å². The van der Waals surface area contributed by atoms with Crippen molar-refractivity contribution < 1.29 is 22.4 Å². The Balaban J connectivity index is 2.50. The van der Waals surface area contributed by atoms with Gasteiger partial charge in [-0.25, -0.2) is 17.6 Å². The van der Waals surface area contributed by atoms with Crippen molar-refractivity contribution in [2.75, 3.05) is 0 Å². The highest BCUT2D eigenvalue weighted by Gasteiger charge is 2.32. The fourth-order valence-corrected chi connectivity index (χ4v) is 2.26. The number of hydrogen-bond acceptors (Lipinski definition) is 1. The largest absolute Gasteiger partial charge is 0.303 e. The first-order valence-corrected chi connectivity index (χ1v) is 6.27. The lowest BCUT2D eigenvalue weighted by atomic mass is 9.81. The van der Waals surface area contributed by atoms with Crippen molar-refractivity contribution >= 4 is 6.29 Å². The number of aldehydes is 1. The van der Waals surface area contributed by atoms with Gasteiger partial charge in [0.15, 0.2) is 0 Å². The van der Waals surface area contributed by atoms with Gasteiger partial charge in [0, 0.05) is 5.92 Å². The third-order valence-electron chi connectivity index (χ3n) is 3.29. The van der Waals surface area contributed by atoms with Crippen LogP contribution in [0.4, 0.5) is 17.6 Å². The van der Waals surface area contributed by atoms with Gasteiger partial charge in [-0.3, -0.25) is 0 Å². The van der Waals surface area contributed by atoms with Crippen molar-refractivity contribution in [2.24, 2.45) is 5.92 Å². The number of alkyl halides is 2. The highest BCUT2D eigenvalue weighted by molar-refractivity contribution is 5.59. The first-order valence-electron chi connectivity index (χ1n) is 6.27. The van der Waals surface area contributed by atoms with Crippen LogP contribution in [0, 0.1) is 17.6 Å². The summed E-state index contributed by atoms with van der Waals surface area (Å²) in [5.41, 5.74) is 0.751. The average molecular weight is 296 g/mol. The number of carbonyl (C=O) groups is 1. The maximum Gasteiger partial charge on any atom is 0.248 e. The topological polar surface area (TPSA) is 17.1 Å². The van der Waals surface area contributed by atoms with Crippen LogP contribution in [0.5, 0.6) is 0 Å². The molecule has 1 unspecified atom stereocenters. The quantitative estimate of drug-likeness (QED) is 0.597. The minimum atomic E-state index is -2.87. The molecule has 0 heterocycles. The summed E-state index contributed by atoms with van der Waals surface area (Å²) in [4.78, 5) is 11.0. The lowest BCUT2D eigenvalue weighted by Gasteiger charge is -2.23. The fourth-order valence-electron chi connectivity index (χ4n) is 2.26. The van der Waals surface area contributed by atoms with E-state index >= 15 is 0 Å². The molecule has 0 bridgehead atoms. The SMILES string of the molecule is O=CC(C(F)F)C(c1ccc(F)cc1)c1ccc(F)cc1. The molecule has 0 saturated carbocycles. The van der Waals surface area contributed by atoms with Crippen molar-refractivity contribution in [2.45, 2.75) is 12.3 Å². The van der Waals surface area contributed by atoms with Gasteiger partial charge in [0.2, 0.25) is 6.43 Å². The predicted octanol–water partition coefficient (Wildman–Crippen LogP) is 4.18. The zero-order chi connectivity index (χ0) is 15.4. The molecule has 0 saturated heterocycles. The first-order chi connectivity index (χ1) is 10.0. The van der Waals surface area contributed by atoms with Crippen molar-refractivity contribution in [1.29, 1.82) is 0 Å². The average Bonchev–Trinajstić information content (AvgIpc) is 2.46. The highest BCUT2D eigenvalue weighted by Crippen LogP contribution is 2.34. The summed E-state index contributed by atoms with van der Waals surface area (Å²) in [5.74, 6) is -3.54. The second kappa shape index (κ2) is 6.52. The molecule has 1 nitrogen and oxygen atoms in total. The van der Waals surface area contributed by atoms with Gasteiger partial charge in [-0.1, -0.05) is 24.3 Å². The van der Waals surface area contributed by atoms with E-state index < -0.39 is 29.9 Å². The number of carbonyl (C=O) groups excluding carboxylic acids is 1. The summed E-state index contributed by atoms with van der Waals surface area (Å²) in [6.45, 7) is 0. The monoisotopic (exact) mass is 296 g/mol. The van der Waals surface area contributed by atoms with Gasteiger partial charge >= 0.3 is 0 Å². The van der Waals surface area contributed by atoms with E-state index in [1.54, 1.807) is 0 Å². The molecule has 0 radical (unpaired) electrons. The van der Waals surface area contributed by atoms with Crippen LogP contribution in [0.2, 0.25) is 0 Å². The summed E-state index contributed by atoms with van der Waals surface area (Å²) < 4.78 is 52.2. The van der Waals surface area contributed by atoms with Gasteiger partial charge in [0.1, 0.15) is 17.9 Å². The van der Waals surface area contributed by atoms with Crippen LogP contribution in [0.1, 0.15) is 17.0 Å². The van der Waals surface area contributed by atoms with Crippen molar-refractivity contribution in [1.82, 2.24) is 0 Å². The third-order valence-corrected chi connectivity index (χ3v) is 3.29. The summed E-state index contributed by atoms with van der Waals surface area (Å²) in [7, 11) is 0. The second-order valence-corrected chi connectivity index (χ2v) is 4.63. The number of benzene rings is 2. The molecular formula is C16H12F4O. The fraction of sp³-hybridized carbons (Fsp3) is 0.188. The molecule has 5 heteroatoms. The van der Waals surface area contributed by atoms with Crippen LogP contribution in [0.15, 0.2) is 48.5 Å². The van der Waals surface area contributed by atoms with Crippen molar-refractivity contribution in [3.8, 4) is 0 Å². The molecule has 21 heavy (non-hydrogen) atoms. The van der Waals surface area contributed by atoms with Gasteiger partial charge < -0.3 is 4.79 Å². The summed E-state index contributed by atoms with van der Waals surface area (Å²) in [5, 5.41) is 0. The van der Waals surface area contributed by atoms with Crippen LogP contribution >= 0.6 is 0 Å². The van der Waals surface area contributed by atoms with E-state index in [1.807, 2.05) is 0 Å². The Morgan fingerprint density at radius 1 is 0.762 bits per heavy atom. The minimum Gasteiger partial charge on any atom is -0.303 e. The Morgan fingerprint density at radius 3 is 1.43 bits per heavy atom. The minimum absolute atomic E-state index is 0.183. The number of rotatable bonds is 5. The Kier molecular flexibility index (Phi) is 4.73. The van der Waals surface area contributed by atoms with E-state index in [2.05, 4.69) is 0 Å². The summed E-state index contributed by atoms with van der Waals surface area (Å²) >= 11 is 0. The third kappa shape index (κ3) is 3.48. The Hall–Kier alpha value is -2.17. The molecule has 0 aromatic heterocycles. The summed E-state index contributed by atoms with van der Waals surface area (Å²) in [6, 6.07) is 9.95. The zero-order valence-electron chi connectivity index (χ0n) is 10.8. The normalized spacial score (nSPS) is 12.7. The van der Waals surface area contributed by atoms with E-state index in [4.69, 9.17) is 0 Å². The van der Waals surface area contributed by atoms with Crippen molar-refractivity contribution in [3.63, 3.8) is 0 Å². The van der Waals surface area contributed by atoms with Gasteiger partial charge in [0.05, 0.1) is 5.92 Å². The lowest BCUT2D eigenvalue weighted by Crippen LogP contribution is -2.23. The highest BCUT2D eigenvalue weighted by atomic mass is 19.3. The lowest BCUT2D eigenvalue weighted by molar-refractivity contribution is -0.115. The van der Waals surface area contributed by atoms with Crippen LogP contribution in [0.3, 0.4) is 0 Å². The summed E-state index contributed by atoms with van der Waals surface area (Å²) in [6.07, 6.45) is -2.69. The number of halogens is 4. The molecule has 0 fully saturated rings. The van der Waals surface area contributed by atoms with E-state index in [0.717, 1.165) is 24.3 Å². The molecule has 0 aliphatic rings. The molecule has 110 valence electrons. The van der Waals surface area contributed by atoms with Crippen LogP contribution < -0.4 is 0 Å². The molecule has 0 spiro atoms. The van der Waals surface area contributed by atoms with E-state index in [1.165, 1.54) is 24.3 Å². The van der Waals surface area contributed by atoms with E-state index in [0.29, 0.717) is 11.1 Å². The van der Waals surface area contributed by atoms with Crippen molar-refractivity contribution in [3.05, 3.63) is 71.3 Å². The van der Waals surface area contributed by atoms with Gasteiger partial charge in [-0.15, -0.1) is 0 Å². The smallest absolute Gasteiger partial charge is 0.248 e. The first kappa shape index (κ1) is 15.2. The van der Waals surface area contributed by atoms with E-state index in [-0.39, 0.29) is 6.29 Å². The molecule has 0 amide bonds. The zero-order valence-corrected chi connectivity index (χ0v) is 10.8. The standard InChI is InChI=1S/C16H12F4O/c17-12-5-1-10(2-6-12)15(14(9-21)16(19)20)11-3-7-13(18)8-4-11/h1-9,14-16H. The van der Waals surface area contributed by atoms with Crippen LogP contribution in [-0.2, 0) is 4.79 Å². The second-order valence-electron chi connectivity index (χ2n) is 4.63. The molecule has 1 atom stereocenters. The molecule has 2 aromatic rings. The predicted molar refractivity (Wildman–Crippen MR) is 70.2 cm³/mol.